The van der Waals surface area contributed by atoms with Gasteiger partial charge in [0.25, 0.3) is 0 Å². The number of carbonyl (C=O) groups is 1. The molecule has 0 aliphatic carbocycles. The highest BCUT2D eigenvalue weighted by molar-refractivity contribution is 8.00. The highest BCUT2D eigenvalue weighted by Crippen LogP contribution is 2.20. The molecule has 0 saturated carbocycles. The number of rotatable bonds is 6. The Labute approximate surface area is 84.1 Å². The lowest BCUT2D eigenvalue weighted by Gasteiger charge is -2.15. The van der Waals surface area contributed by atoms with Gasteiger partial charge in [0.1, 0.15) is 5.25 Å². The first kappa shape index (κ1) is 12.8. The molecule has 2 unspecified atom stereocenters. The molecule has 0 aliphatic rings. The molecule has 0 aromatic heterocycles. The second kappa shape index (κ2) is 6.27. The van der Waals surface area contributed by atoms with Gasteiger partial charge in [-0.15, -0.1) is 11.8 Å². The van der Waals surface area contributed by atoms with E-state index in [4.69, 9.17) is 10.8 Å². The second-order valence-electron chi connectivity index (χ2n) is 3.64. The van der Waals surface area contributed by atoms with Gasteiger partial charge in [-0.1, -0.05) is 13.8 Å². The van der Waals surface area contributed by atoms with Gasteiger partial charge in [0.05, 0.1) is 0 Å². The average Bonchev–Trinajstić information content (AvgIpc) is 1.95. The van der Waals surface area contributed by atoms with Crippen molar-refractivity contribution in [3.05, 3.63) is 0 Å². The van der Waals surface area contributed by atoms with Crippen molar-refractivity contribution in [1.82, 2.24) is 0 Å². The number of nitrogens with two attached hydrogens (primary N) is 1. The summed E-state index contributed by atoms with van der Waals surface area (Å²) < 4.78 is 0. The fourth-order valence-electron chi connectivity index (χ4n) is 0.930. The summed E-state index contributed by atoms with van der Waals surface area (Å²) in [5.74, 6) is 0.285. The molecule has 0 heterocycles. The van der Waals surface area contributed by atoms with E-state index in [0.717, 1.165) is 12.2 Å². The van der Waals surface area contributed by atoms with E-state index in [0.29, 0.717) is 0 Å². The third-order valence-electron chi connectivity index (χ3n) is 1.72. The van der Waals surface area contributed by atoms with E-state index >= 15 is 0 Å². The second-order valence-corrected chi connectivity index (χ2v) is 4.89. The van der Waals surface area contributed by atoms with E-state index < -0.39 is 5.97 Å². The first-order chi connectivity index (χ1) is 5.95. The Morgan fingerprint density at radius 3 is 2.31 bits per heavy atom. The van der Waals surface area contributed by atoms with Crippen molar-refractivity contribution in [2.75, 3.05) is 5.75 Å². The van der Waals surface area contributed by atoms with E-state index in [1.54, 1.807) is 0 Å². The summed E-state index contributed by atoms with van der Waals surface area (Å²) in [7, 11) is 0. The van der Waals surface area contributed by atoms with E-state index in [9.17, 15) is 4.79 Å². The number of aliphatic carboxylic acids is 1. The van der Waals surface area contributed by atoms with Gasteiger partial charge in [0, 0.05) is 6.04 Å². The zero-order chi connectivity index (χ0) is 10.4. The molecule has 3 nitrogen and oxygen atoms in total. The van der Waals surface area contributed by atoms with Gasteiger partial charge in [0.15, 0.2) is 0 Å². The number of thioether (sulfide) groups is 1. The molecule has 0 fully saturated rings. The smallest absolute Gasteiger partial charge is 0.316 e. The summed E-state index contributed by atoms with van der Waals surface area (Å²) in [6, 6.07) is 0.161. The topological polar surface area (TPSA) is 63.3 Å². The third-order valence-corrected chi connectivity index (χ3v) is 3.30. The molecule has 0 rings (SSSR count). The largest absolute Gasteiger partial charge is 0.480 e. The summed E-state index contributed by atoms with van der Waals surface area (Å²) in [4.78, 5) is 10.8. The zero-order valence-corrected chi connectivity index (χ0v) is 9.30. The SMILES string of the molecule is CC(N)CCSC(C(=O)O)C(C)C. The average molecular weight is 205 g/mol. The van der Waals surface area contributed by atoms with Crippen LogP contribution in [-0.2, 0) is 4.79 Å². The Bertz CT molecular complexity index is 160. The number of hydrogen-bond donors (Lipinski definition) is 2. The molecule has 4 heteroatoms. The monoisotopic (exact) mass is 205 g/mol. The minimum Gasteiger partial charge on any atom is -0.480 e. The Hall–Kier alpha value is -0.220. The van der Waals surface area contributed by atoms with Crippen LogP contribution in [0.5, 0.6) is 0 Å². The van der Waals surface area contributed by atoms with Crippen LogP contribution >= 0.6 is 11.8 Å². The van der Waals surface area contributed by atoms with Crippen molar-refractivity contribution in [3.63, 3.8) is 0 Å². The van der Waals surface area contributed by atoms with Crippen LogP contribution in [0.3, 0.4) is 0 Å². The standard InChI is InChI=1S/C9H19NO2S/c1-6(2)8(9(11)12)13-5-4-7(3)10/h6-8H,4-5,10H2,1-3H3,(H,11,12). The van der Waals surface area contributed by atoms with Gasteiger partial charge in [-0.3, -0.25) is 4.79 Å². The first-order valence-electron chi connectivity index (χ1n) is 4.55. The van der Waals surface area contributed by atoms with E-state index in [1.165, 1.54) is 11.8 Å². The van der Waals surface area contributed by atoms with Crippen LogP contribution in [0.1, 0.15) is 27.2 Å². The van der Waals surface area contributed by atoms with Crippen LogP contribution in [0.2, 0.25) is 0 Å². The number of carboxylic acids is 1. The molecule has 0 saturated heterocycles. The Balaban J connectivity index is 3.77. The van der Waals surface area contributed by atoms with Crippen LogP contribution in [-0.4, -0.2) is 28.1 Å². The number of carboxylic acid groups (broad SMARTS) is 1. The summed E-state index contributed by atoms with van der Waals surface area (Å²) in [6.45, 7) is 5.79. The number of hydrogen-bond acceptors (Lipinski definition) is 3. The lowest BCUT2D eigenvalue weighted by molar-refractivity contribution is -0.137. The predicted molar refractivity (Wildman–Crippen MR) is 57.0 cm³/mol. The third kappa shape index (κ3) is 5.93. The minimum absolute atomic E-state index is 0.161. The van der Waals surface area contributed by atoms with Gasteiger partial charge < -0.3 is 10.8 Å². The molecule has 0 aromatic carbocycles. The Morgan fingerprint density at radius 1 is 1.46 bits per heavy atom. The molecular weight excluding hydrogens is 186 g/mol. The van der Waals surface area contributed by atoms with Crippen molar-refractivity contribution in [2.24, 2.45) is 11.7 Å². The molecular formula is C9H19NO2S. The van der Waals surface area contributed by atoms with E-state index in [2.05, 4.69) is 0 Å². The summed E-state index contributed by atoms with van der Waals surface area (Å²) in [6.07, 6.45) is 0.876. The summed E-state index contributed by atoms with van der Waals surface area (Å²) in [5, 5.41) is 8.56. The van der Waals surface area contributed by atoms with Crippen LogP contribution in [0.15, 0.2) is 0 Å². The molecule has 13 heavy (non-hydrogen) atoms. The fraction of sp³-hybridized carbons (Fsp3) is 0.889. The van der Waals surface area contributed by atoms with Crippen LogP contribution in [0.25, 0.3) is 0 Å². The molecule has 0 spiro atoms. The maximum Gasteiger partial charge on any atom is 0.316 e. The van der Waals surface area contributed by atoms with Gasteiger partial charge in [0.2, 0.25) is 0 Å². The van der Waals surface area contributed by atoms with Crippen LogP contribution in [0, 0.1) is 5.92 Å². The highest BCUT2D eigenvalue weighted by Gasteiger charge is 2.21. The van der Waals surface area contributed by atoms with Crippen LogP contribution < -0.4 is 5.73 Å². The van der Waals surface area contributed by atoms with Gasteiger partial charge in [-0.2, -0.15) is 0 Å². The van der Waals surface area contributed by atoms with Crippen molar-refractivity contribution in [3.8, 4) is 0 Å². The van der Waals surface area contributed by atoms with Gasteiger partial charge in [-0.25, -0.2) is 0 Å². The zero-order valence-electron chi connectivity index (χ0n) is 8.49. The molecule has 0 bridgehead atoms. The Morgan fingerprint density at radius 2 is 2.00 bits per heavy atom. The lowest BCUT2D eigenvalue weighted by atomic mass is 10.1. The van der Waals surface area contributed by atoms with Crippen molar-refractivity contribution < 1.29 is 9.90 Å². The highest BCUT2D eigenvalue weighted by atomic mass is 32.2. The van der Waals surface area contributed by atoms with Crippen molar-refractivity contribution in [2.45, 2.75) is 38.5 Å². The molecule has 0 radical (unpaired) electrons. The minimum atomic E-state index is -0.718. The fourth-order valence-corrected chi connectivity index (χ4v) is 2.22. The van der Waals surface area contributed by atoms with Crippen LogP contribution in [0.4, 0.5) is 0 Å². The van der Waals surface area contributed by atoms with Crippen molar-refractivity contribution in [1.29, 1.82) is 0 Å². The van der Waals surface area contributed by atoms with Crippen molar-refractivity contribution >= 4 is 17.7 Å². The molecule has 3 N–H and O–H groups in total. The molecule has 0 aromatic rings. The molecule has 2 atom stereocenters. The van der Waals surface area contributed by atoms with E-state index in [1.807, 2.05) is 20.8 Å². The summed E-state index contributed by atoms with van der Waals surface area (Å²) in [5.41, 5.74) is 5.57. The quantitative estimate of drug-likeness (QED) is 0.691. The molecule has 0 amide bonds. The maximum absolute atomic E-state index is 10.8. The molecule has 78 valence electrons. The Kier molecular flexibility index (Phi) is 6.16. The maximum atomic E-state index is 10.8. The molecule has 0 aliphatic heterocycles. The first-order valence-corrected chi connectivity index (χ1v) is 5.60. The lowest BCUT2D eigenvalue weighted by Crippen LogP contribution is -2.24. The van der Waals surface area contributed by atoms with Gasteiger partial charge >= 0.3 is 5.97 Å². The van der Waals surface area contributed by atoms with E-state index in [-0.39, 0.29) is 17.2 Å². The predicted octanol–water partition coefficient (Wildman–Crippen LogP) is 1.57. The normalized spacial score (nSPS) is 15.8. The summed E-state index contributed by atoms with van der Waals surface area (Å²) >= 11 is 1.49. The van der Waals surface area contributed by atoms with Gasteiger partial charge in [-0.05, 0) is 25.0 Å².